The highest BCUT2D eigenvalue weighted by Crippen LogP contribution is 2.08. The lowest BCUT2D eigenvalue weighted by atomic mass is 10.3. The summed E-state index contributed by atoms with van der Waals surface area (Å²) in [5.74, 6) is -1.54. The minimum absolute atomic E-state index is 0.00926. The molecule has 6 heteroatoms. The molecular weight excluding hydrogens is 174 g/mol. The summed E-state index contributed by atoms with van der Waals surface area (Å²) < 4.78 is 0. The summed E-state index contributed by atoms with van der Waals surface area (Å²) in [5, 5.41) is 10.9. The minimum atomic E-state index is -1.18. The summed E-state index contributed by atoms with van der Waals surface area (Å²) in [6, 6.07) is 0. The van der Waals surface area contributed by atoms with E-state index in [4.69, 9.17) is 5.11 Å². The molecule has 0 aliphatic heterocycles. The predicted molar refractivity (Wildman–Crippen MR) is 43.3 cm³/mol. The normalized spacial score (nSPS) is 9.31. The number of rotatable bonds is 2. The number of hydrogen-bond acceptors (Lipinski definition) is 4. The van der Waals surface area contributed by atoms with Gasteiger partial charge in [-0.3, -0.25) is 4.79 Å². The van der Waals surface area contributed by atoms with E-state index in [2.05, 4.69) is 15.3 Å². The molecule has 0 aliphatic carbocycles. The number of amides is 1. The lowest BCUT2D eigenvalue weighted by molar-refractivity contribution is -0.114. The van der Waals surface area contributed by atoms with Crippen LogP contribution in [0.1, 0.15) is 17.3 Å². The number of anilines is 1. The molecule has 1 aromatic rings. The second kappa shape index (κ2) is 3.61. The van der Waals surface area contributed by atoms with Gasteiger partial charge in [0, 0.05) is 13.1 Å². The molecule has 0 fully saturated rings. The van der Waals surface area contributed by atoms with E-state index < -0.39 is 5.97 Å². The molecule has 1 aromatic heterocycles. The van der Waals surface area contributed by atoms with Crippen molar-refractivity contribution < 1.29 is 14.7 Å². The van der Waals surface area contributed by atoms with Gasteiger partial charge in [0.25, 0.3) is 0 Å². The van der Waals surface area contributed by atoms with E-state index in [0.29, 0.717) is 0 Å². The van der Waals surface area contributed by atoms with Gasteiger partial charge in [-0.1, -0.05) is 0 Å². The molecule has 0 radical (unpaired) electrons. The summed E-state index contributed by atoms with van der Waals surface area (Å²) in [7, 11) is 0. The molecule has 0 atom stereocenters. The number of carbonyl (C=O) groups is 2. The van der Waals surface area contributed by atoms with Crippen molar-refractivity contribution in [2.24, 2.45) is 0 Å². The van der Waals surface area contributed by atoms with Crippen LogP contribution >= 0.6 is 0 Å². The minimum Gasteiger partial charge on any atom is -0.477 e. The Morgan fingerprint density at radius 3 is 2.77 bits per heavy atom. The van der Waals surface area contributed by atoms with Gasteiger partial charge in [0.15, 0.2) is 5.82 Å². The average molecular weight is 181 g/mol. The molecular formula is C7H7N3O3. The standard InChI is InChI=1S/C7H7N3O3/c1-4(11)10-6-5(7(12)13)2-8-3-9-6/h2-3H,1H3,(H,12,13)(H,8,9,10,11). The summed E-state index contributed by atoms with van der Waals surface area (Å²) in [6.45, 7) is 1.27. The third-order valence-corrected chi connectivity index (χ3v) is 1.24. The Morgan fingerprint density at radius 1 is 1.54 bits per heavy atom. The van der Waals surface area contributed by atoms with Crippen LogP contribution in [0.2, 0.25) is 0 Å². The number of carboxylic acid groups (broad SMARTS) is 1. The second-order valence-electron chi connectivity index (χ2n) is 2.27. The Labute approximate surface area is 73.6 Å². The molecule has 1 heterocycles. The largest absolute Gasteiger partial charge is 0.477 e. The van der Waals surface area contributed by atoms with Crippen molar-refractivity contribution in [2.75, 3.05) is 5.32 Å². The Balaban J connectivity index is 3.04. The Morgan fingerprint density at radius 2 is 2.23 bits per heavy atom. The molecule has 13 heavy (non-hydrogen) atoms. The van der Waals surface area contributed by atoms with Gasteiger partial charge in [0.05, 0.1) is 0 Å². The summed E-state index contributed by atoms with van der Waals surface area (Å²) in [6.07, 6.45) is 2.29. The first-order chi connectivity index (χ1) is 6.11. The first-order valence-electron chi connectivity index (χ1n) is 3.42. The fourth-order valence-electron chi connectivity index (χ4n) is 0.752. The second-order valence-corrected chi connectivity index (χ2v) is 2.27. The van der Waals surface area contributed by atoms with Gasteiger partial charge in [-0.2, -0.15) is 0 Å². The van der Waals surface area contributed by atoms with Crippen molar-refractivity contribution in [2.45, 2.75) is 6.92 Å². The van der Waals surface area contributed by atoms with Crippen LogP contribution < -0.4 is 5.32 Å². The van der Waals surface area contributed by atoms with Crippen molar-refractivity contribution in [1.82, 2.24) is 9.97 Å². The van der Waals surface area contributed by atoms with Gasteiger partial charge in [-0.15, -0.1) is 0 Å². The van der Waals surface area contributed by atoms with Crippen LogP contribution in [-0.4, -0.2) is 27.0 Å². The zero-order valence-electron chi connectivity index (χ0n) is 6.81. The maximum Gasteiger partial charge on any atom is 0.341 e. The molecule has 1 amide bonds. The zero-order valence-corrected chi connectivity index (χ0v) is 6.81. The molecule has 0 spiro atoms. The van der Waals surface area contributed by atoms with E-state index in [1.807, 2.05) is 0 Å². The predicted octanol–water partition coefficient (Wildman–Crippen LogP) is 0.133. The van der Waals surface area contributed by atoms with Crippen LogP contribution in [0, 0.1) is 0 Å². The molecule has 68 valence electrons. The van der Waals surface area contributed by atoms with E-state index in [-0.39, 0.29) is 17.3 Å². The van der Waals surface area contributed by atoms with E-state index in [9.17, 15) is 9.59 Å². The number of carbonyl (C=O) groups excluding carboxylic acids is 1. The van der Waals surface area contributed by atoms with Crippen LogP contribution in [0.25, 0.3) is 0 Å². The lowest BCUT2D eigenvalue weighted by Crippen LogP contribution is -2.12. The van der Waals surface area contributed by atoms with Crippen LogP contribution in [0.3, 0.4) is 0 Å². The van der Waals surface area contributed by atoms with E-state index in [0.717, 1.165) is 12.5 Å². The van der Waals surface area contributed by atoms with Crippen molar-refractivity contribution >= 4 is 17.7 Å². The molecule has 0 aromatic carbocycles. The molecule has 0 saturated carbocycles. The smallest absolute Gasteiger partial charge is 0.341 e. The number of nitrogens with zero attached hydrogens (tertiary/aromatic N) is 2. The molecule has 0 saturated heterocycles. The van der Waals surface area contributed by atoms with Gasteiger partial charge in [-0.05, 0) is 0 Å². The molecule has 6 nitrogen and oxygen atoms in total. The number of aromatic nitrogens is 2. The fourth-order valence-corrected chi connectivity index (χ4v) is 0.752. The van der Waals surface area contributed by atoms with Gasteiger partial charge >= 0.3 is 5.97 Å². The van der Waals surface area contributed by atoms with E-state index >= 15 is 0 Å². The monoisotopic (exact) mass is 181 g/mol. The summed E-state index contributed by atoms with van der Waals surface area (Å²) in [5.41, 5.74) is -0.127. The first-order valence-corrected chi connectivity index (χ1v) is 3.42. The van der Waals surface area contributed by atoms with Gasteiger partial charge in [0.1, 0.15) is 11.9 Å². The van der Waals surface area contributed by atoms with Gasteiger partial charge < -0.3 is 10.4 Å². The number of hydrogen-bond donors (Lipinski definition) is 2. The van der Waals surface area contributed by atoms with Crippen molar-refractivity contribution in [3.05, 3.63) is 18.1 Å². The Bertz CT molecular complexity index is 351. The highest BCUT2D eigenvalue weighted by Gasteiger charge is 2.11. The van der Waals surface area contributed by atoms with Crippen molar-refractivity contribution in [3.8, 4) is 0 Å². The van der Waals surface area contributed by atoms with Crippen LogP contribution in [-0.2, 0) is 4.79 Å². The Hall–Kier alpha value is -1.98. The quantitative estimate of drug-likeness (QED) is 0.676. The molecule has 1 rings (SSSR count). The van der Waals surface area contributed by atoms with Crippen molar-refractivity contribution in [1.29, 1.82) is 0 Å². The van der Waals surface area contributed by atoms with Crippen LogP contribution in [0.5, 0.6) is 0 Å². The van der Waals surface area contributed by atoms with Gasteiger partial charge in [0.2, 0.25) is 5.91 Å². The van der Waals surface area contributed by atoms with Crippen molar-refractivity contribution in [3.63, 3.8) is 0 Å². The first kappa shape index (κ1) is 9.11. The third-order valence-electron chi connectivity index (χ3n) is 1.24. The lowest BCUT2D eigenvalue weighted by Gasteiger charge is -2.02. The maximum atomic E-state index is 10.6. The number of carboxylic acids is 1. The fraction of sp³-hybridized carbons (Fsp3) is 0.143. The topological polar surface area (TPSA) is 92.2 Å². The maximum absolute atomic E-state index is 10.6. The summed E-state index contributed by atoms with van der Waals surface area (Å²) >= 11 is 0. The zero-order chi connectivity index (χ0) is 9.84. The number of nitrogens with one attached hydrogen (secondary N) is 1. The molecule has 0 unspecified atom stereocenters. The highest BCUT2D eigenvalue weighted by molar-refractivity contribution is 5.98. The number of aromatic carboxylic acids is 1. The van der Waals surface area contributed by atoms with E-state index in [1.165, 1.54) is 6.92 Å². The SMILES string of the molecule is CC(=O)Nc1ncncc1C(=O)O. The molecule has 0 aliphatic rings. The van der Waals surface area contributed by atoms with Crippen LogP contribution in [0.4, 0.5) is 5.82 Å². The van der Waals surface area contributed by atoms with Crippen LogP contribution in [0.15, 0.2) is 12.5 Å². The van der Waals surface area contributed by atoms with Gasteiger partial charge in [-0.25, -0.2) is 14.8 Å². The third kappa shape index (κ3) is 2.22. The molecule has 0 bridgehead atoms. The molecule has 2 N–H and O–H groups in total. The Kier molecular flexibility index (Phi) is 2.53. The van der Waals surface area contributed by atoms with E-state index in [1.54, 1.807) is 0 Å². The highest BCUT2D eigenvalue weighted by atomic mass is 16.4. The summed E-state index contributed by atoms with van der Waals surface area (Å²) in [4.78, 5) is 28.3. The average Bonchev–Trinajstić information content (AvgIpc) is 2.03.